The van der Waals surface area contributed by atoms with Gasteiger partial charge in [-0.15, -0.1) is 0 Å². The standard InChI is InChI=1S/C22H23N7O2/c1-3-21(30)27-9-15(10-27)8-26-13-19(14-26)28-12-18(7-24-28)16-4-20(31-2)22-17(5-23)6-25-29(22)11-16/h3-4,6-7,11-12,15,19H,1,8-10,13-14H2,2H3. The second-order valence-electron chi connectivity index (χ2n) is 8.16. The first-order valence-electron chi connectivity index (χ1n) is 10.2. The van der Waals surface area contributed by atoms with Gasteiger partial charge in [-0.05, 0) is 12.1 Å². The fourth-order valence-corrected chi connectivity index (χ4v) is 4.38. The molecular formula is C22H23N7O2. The summed E-state index contributed by atoms with van der Waals surface area (Å²) < 4.78 is 9.19. The number of methoxy groups -OCH3 is 1. The smallest absolute Gasteiger partial charge is 0.245 e. The summed E-state index contributed by atoms with van der Waals surface area (Å²) in [6.07, 6.45) is 8.71. The zero-order valence-corrected chi connectivity index (χ0v) is 17.3. The van der Waals surface area contributed by atoms with E-state index in [0.717, 1.165) is 43.9 Å². The molecule has 0 N–H and O–H groups in total. The minimum atomic E-state index is 0.0237. The van der Waals surface area contributed by atoms with E-state index in [1.54, 1.807) is 17.8 Å². The number of hydrogen-bond donors (Lipinski definition) is 0. The van der Waals surface area contributed by atoms with E-state index < -0.39 is 0 Å². The van der Waals surface area contributed by atoms with Crippen molar-refractivity contribution in [2.24, 2.45) is 5.92 Å². The number of pyridine rings is 1. The van der Waals surface area contributed by atoms with Crippen molar-refractivity contribution in [3.05, 3.63) is 49.1 Å². The molecule has 0 unspecified atom stereocenters. The highest BCUT2D eigenvalue weighted by atomic mass is 16.5. The summed E-state index contributed by atoms with van der Waals surface area (Å²) in [5, 5.41) is 18.1. The number of rotatable bonds is 6. The minimum Gasteiger partial charge on any atom is -0.494 e. The zero-order chi connectivity index (χ0) is 21.5. The Morgan fingerprint density at radius 1 is 1.26 bits per heavy atom. The van der Waals surface area contributed by atoms with Crippen molar-refractivity contribution < 1.29 is 9.53 Å². The van der Waals surface area contributed by atoms with Gasteiger partial charge in [0, 0.05) is 62.2 Å². The quantitative estimate of drug-likeness (QED) is 0.566. The number of carbonyl (C=O) groups is 1. The van der Waals surface area contributed by atoms with E-state index in [4.69, 9.17) is 4.74 Å². The van der Waals surface area contributed by atoms with Crippen molar-refractivity contribution in [2.75, 3.05) is 39.8 Å². The largest absolute Gasteiger partial charge is 0.494 e. The van der Waals surface area contributed by atoms with Crippen molar-refractivity contribution in [1.29, 1.82) is 5.26 Å². The number of nitrogens with zero attached hydrogens (tertiary/aromatic N) is 7. The molecule has 5 rings (SSSR count). The van der Waals surface area contributed by atoms with Crippen LogP contribution >= 0.6 is 0 Å². The van der Waals surface area contributed by atoms with Crippen LogP contribution in [0.2, 0.25) is 0 Å². The van der Waals surface area contributed by atoms with E-state index in [0.29, 0.717) is 28.8 Å². The summed E-state index contributed by atoms with van der Waals surface area (Å²) in [4.78, 5) is 15.8. The average Bonchev–Trinajstić information content (AvgIpc) is 3.37. The molecule has 9 heteroatoms. The van der Waals surface area contributed by atoms with Gasteiger partial charge in [-0.1, -0.05) is 6.58 Å². The number of amides is 1. The Bertz CT molecular complexity index is 1190. The van der Waals surface area contributed by atoms with E-state index >= 15 is 0 Å². The summed E-state index contributed by atoms with van der Waals surface area (Å²) >= 11 is 0. The first-order chi connectivity index (χ1) is 15.1. The molecule has 5 heterocycles. The van der Waals surface area contributed by atoms with E-state index in [1.807, 2.05) is 34.2 Å². The molecule has 2 fully saturated rings. The number of nitriles is 1. The van der Waals surface area contributed by atoms with Crippen LogP contribution in [0.1, 0.15) is 11.6 Å². The topological polar surface area (TPSA) is 91.7 Å². The van der Waals surface area contributed by atoms with Crippen molar-refractivity contribution in [3.63, 3.8) is 0 Å². The van der Waals surface area contributed by atoms with Crippen LogP contribution in [0.3, 0.4) is 0 Å². The maximum absolute atomic E-state index is 11.5. The molecule has 0 aliphatic carbocycles. The number of likely N-dealkylation sites (tertiary alicyclic amines) is 2. The lowest BCUT2D eigenvalue weighted by molar-refractivity contribution is -0.133. The molecule has 2 saturated heterocycles. The summed E-state index contributed by atoms with van der Waals surface area (Å²) in [5.74, 6) is 1.18. The normalized spacial score (nSPS) is 17.2. The molecule has 2 aliphatic heterocycles. The molecule has 0 spiro atoms. The summed E-state index contributed by atoms with van der Waals surface area (Å²) in [6.45, 7) is 8.11. The van der Waals surface area contributed by atoms with Crippen molar-refractivity contribution in [3.8, 4) is 22.9 Å². The Kier molecular flexibility index (Phi) is 4.71. The molecule has 3 aromatic rings. The second kappa shape index (κ2) is 7.56. The minimum absolute atomic E-state index is 0.0237. The van der Waals surface area contributed by atoms with Crippen LogP contribution in [0.5, 0.6) is 5.75 Å². The van der Waals surface area contributed by atoms with Gasteiger partial charge in [-0.25, -0.2) is 4.52 Å². The molecule has 0 aromatic carbocycles. The van der Waals surface area contributed by atoms with Gasteiger partial charge in [0.1, 0.15) is 22.9 Å². The van der Waals surface area contributed by atoms with Crippen molar-refractivity contribution >= 4 is 11.4 Å². The molecule has 0 bridgehead atoms. The van der Waals surface area contributed by atoms with Gasteiger partial charge in [0.05, 0.1) is 25.5 Å². The first-order valence-corrected chi connectivity index (χ1v) is 10.2. The van der Waals surface area contributed by atoms with Crippen LogP contribution in [0, 0.1) is 17.2 Å². The highest BCUT2D eigenvalue weighted by Gasteiger charge is 2.35. The molecular weight excluding hydrogens is 394 g/mol. The number of hydrogen-bond acceptors (Lipinski definition) is 6. The van der Waals surface area contributed by atoms with Gasteiger partial charge < -0.3 is 9.64 Å². The third kappa shape index (κ3) is 3.35. The number of ether oxygens (including phenoxy) is 1. The van der Waals surface area contributed by atoms with Gasteiger partial charge >= 0.3 is 0 Å². The van der Waals surface area contributed by atoms with Gasteiger partial charge in [0.25, 0.3) is 0 Å². The number of carbonyl (C=O) groups excluding carboxylic acids is 1. The Balaban J connectivity index is 1.23. The van der Waals surface area contributed by atoms with Gasteiger partial charge in [-0.2, -0.15) is 15.5 Å². The van der Waals surface area contributed by atoms with E-state index in [2.05, 4.69) is 27.7 Å². The molecule has 158 valence electrons. The summed E-state index contributed by atoms with van der Waals surface area (Å²) in [7, 11) is 1.59. The summed E-state index contributed by atoms with van der Waals surface area (Å²) in [6, 6.07) is 4.41. The molecule has 2 aliphatic rings. The van der Waals surface area contributed by atoms with E-state index in [9.17, 15) is 10.1 Å². The average molecular weight is 417 g/mol. The molecule has 9 nitrogen and oxygen atoms in total. The van der Waals surface area contributed by atoms with Gasteiger partial charge in [0.2, 0.25) is 5.91 Å². The third-order valence-electron chi connectivity index (χ3n) is 6.12. The van der Waals surface area contributed by atoms with Crippen molar-refractivity contribution in [1.82, 2.24) is 29.2 Å². The van der Waals surface area contributed by atoms with Gasteiger partial charge in [0.15, 0.2) is 0 Å². The van der Waals surface area contributed by atoms with Crippen LogP contribution < -0.4 is 4.74 Å². The maximum atomic E-state index is 11.5. The predicted octanol–water partition coefficient (Wildman–Crippen LogP) is 1.58. The Hall–Kier alpha value is -3.64. The molecule has 3 aromatic heterocycles. The molecule has 0 radical (unpaired) electrons. The predicted molar refractivity (Wildman–Crippen MR) is 113 cm³/mol. The molecule has 0 atom stereocenters. The van der Waals surface area contributed by atoms with Gasteiger partial charge in [-0.3, -0.25) is 14.4 Å². The van der Waals surface area contributed by atoms with E-state index in [1.165, 1.54) is 6.08 Å². The van der Waals surface area contributed by atoms with E-state index in [-0.39, 0.29) is 5.91 Å². The molecule has 31 heavy (non-hydrogen) atoms. The van der Waals surface area contributed by atoms with Crippen LogP contribution in [-0.4, -0.2) is 74.9 Å². The van der Waals surface area contributed by atoms with Crippen molar-refractivity contribution in [2.45, 2.75) is 6.04 Å². The lowest BCUT2D eigenvalue weighted by Gasteiger charge is -2.46. The zero-order valence-electron chi connectivity index (χ0n) is 17.3. The third-order valence-corrected chi connectivity index (χ3v) is 6.12. The lowest BCUT2D eigenvalue weighted by Crippen LogP contribution is -2.57. The lowest BCUT2D eigenvalue weighted by atomic mass is 9.97. The van der Waals surface area contributed by atoms with Crippen LogP contribution in [-0.2, 0) is 4.79 Å². The Morgan fingerprint density at radius 2 is 2.06 bits per heavy atom. The summed E-state index contributed by atoms with van der Waals surface area (Å²) in [5.41, 5.74) is 3.06. The number of aromatic nitrogens is 4. The first kappa shape index (κ1) is 19.3. The maximum Gasteiger partial charge on any atom is 0.245 e. The van der Waals surface area contributed by atoms with Crippen LogP contribution in [0.15, 0.2) is 43.5 Å². The second-order valence-corrected chi connectivity index (χ2v) is 8.16. The monoisotopic (exact) mass is 417 g/mol. The fraction of sp³-hybridized carbons (Fsp3) is 0.364. The fourth-order valence-electron chi connectivity index (χ4n) is 4.38. The van der Waals surface area contributed by atoms with Crippen LogP contribution in [0.4, 0.5) is 0 Å². The SMILES string of the molecule is C=CC(=O)N1CC(CN2CC(n3cc(-c4cc(OC)c5c(C#N)cnn5c4)cn3)C2)C1. The molecule has 0 saturated carbocycles. The van der Waals surface area contributed by atoms with Crippen LogP contribution in [0.25, 0.3) is 16.6 Å². The Morgan fingerprint density at radius 3 is 2.77 bits per heavy atom. The molecule has 1 amide bonds. The highest BCUT2D eigenvalue weighted by molar-refractivity contribution is 5.87. The Labute approximate surface area is 179 Å². The number of fused-ring (bicyclic) bond motifs is 1. The highest BCUT2D eigenvalue weighted by Crippen LogP contribution is 2.31.